The van der Waals surface area contributed by atoms with Gasteiger partial charge in [-0.3, -0.25) is 9.36 Å². The summed E-state index contributed by atoms with van der Waals surface area (Å²) in [6, 6.07) is 24.4. The second-order valence-corrected chi connectivity index (χ2v) is 12.0. The van der Waals surface area contributed by atoms with Crippen LogP contribution < -0.4 is 33.8 Å². The van der Waals surface area contributed by atoms with Crippen molar-refractivity contribution in [3.05, 3.63) is 127 Å². The van der Waals surface area contributed by atoms with Crippen LogP contribution in [0.25, 0.3) is 16.8 Å². The van der Waals surface area contributed by atoms with Gasteiger partial charge < -0.3 is 23.7 Å². The van der Waals surface area contributed by atoms with E-state index in [1.807, 2.05) is 55.5 Å². The van der Waals surface area contributed by atoms with Gasteiger partial charge in [-0.25, -0.2) is 9.79 Å². The number of ether oxygens (including phenoxy) is 5. The summed E-state index contributed by atoms with van der Waals surface area (Å²) in [5.41, 5.74) is 2.82. The highest BCUT2D eigenvalue weighted by atomic mass is 32.1. The Bertz CT molecular complexity index is 2210. The number of esters is 1. The molecule has 2 heterocycles. The first-order valence-corrected chi connectivity index (χ1v) is 16.5. The second-order valence-electron chi connectivity index (χ2n) is 11.0. The molecule has 1 atom stereocenters. The van der Waals surface area contributed by atoms with Crippen LogP contribution in [0.2, 0.25) is 0 Å². The molecule has 5 aromatic rings. The van der Waals surface area contributed by atoms with Gasteiger partial charge >= 0.3 is 5.97 Å². The van der Waals surface area contributed by atoms with Gasteiger partial charge in [-0.2, -0.15) is 0 Å². The minimum atomic E-state index is -0.849. The average molecular weight is 665 g/mol. The van der Waals surface area contributed by atoms with Crippen molar-refractivity contribution in [3.63, 3.8) is 0 Å². The number of aromatic nitrogens is 1. The van der Waals surface area contributed by atoms with Gasteiger partial charge in [-0.1, -0.05) is 72.0 Å². The fraction of sp³-hybridized carbons (Fsp3) is 0.237. The molecule has 0 saturated heterocycles. The van der Waals surface area contributed by atoms with Crippen molar-refractivity contribution in [2.45, 2.75) is 33.4 Å². The number of benzene rings is 4. The van der Waals surface area contributed by atoms with Crippen molar-refractivity contribution in [2.24, 2.45) is 4.99 Å². The van der Waals surface area contributed by atoms with E-state index in [2.05, 4.69) is 18.2 Å². The molecule has 0 N–H and O–H groups in total. The van der Waals surface area contributed by atoms with Crippen molar-refractivity contribution in [2.75, 3.05) is 27.4 Å². The van der Waals surface area contributed by atoms with E-state index in [0.717, 1.165) is 21.9 Å². The normalized spacial score (nSPS) is 14.4. The van der Waals surface area contributed by atoms with E-state index in [4.69, 9.17) is 28.7 Å². The van der Waals surface area contributed by atoms with E-state index >= 15 is 0 Å². The molecule has 0 bridgehead atoms. The zero-order valence-electron chi connectivity index (χ0n) is 27.4. The lowest BCUT2D eigenvalue weighted by Gasteiger charge is -2.26. The molecule has 6 rings (SSSR count). The Hall–Kier alpha value is -5.35. The lowest BCUT2D eigenvalue weighted by molar-refractivity contribution is -0.139. The zero-order chi connectivity index (χ0) is 33.8. The lowest BCUT2D eigenvalue weighted by Crippen LogP contribution is -2.40. The van der Waals surface area contributed by atoms with Crippen LogP contribution in [-0.4, -0.2) is 38.0 Å². The SMILES string of the molecule is CCOC(=O)C1=C(C)N=c2s/c(=C/c3ccc(OCc4cccc5ccccc45)c(OC)c3)c(=O)n2[C@H]1c1cccc(OC)c1OCC. The molecule has 246 valence electrons. The van der Waals surface area contributed by atoms with E-state index in [9.17, 15) is 9.59 Å². The Kier molecular flexibility index (Phi) is 9.63. The summed E-state index contributed by atoms with van der Waals surface area (Å²) in [5, 5.41) is 2.28. The van der Waals surface area contributed by atoms with Crippen molar-refractivity contribution >= 4 is 34.2 Å². The number of rotatable bonds is 11. The number of fused-ring (bicyclic) bond motifs is 2. The fourth-order valence-corrected chi connectivity index (χ4v) is 6.96. The van der Waals surface area contributed by atoms with E-state index < -0.39 is 12.0 Å². The van der Waals surface area contributed by atoms with Crippen LogP contribution in [0.4, 0.5) is 0 Å². The number of thiazole rings is 1. The van der Waals surface area contributed by atoms with Gasteiger partial charge in [0.1, 0.15) is 12.6 Å². The van der Waals surface area contributed by atoms with Gasteiger partial charge in [-0.15, -0.1) is 0 Å². The first kappa shape index (κ1) is 32.6. The summed E-state index contributed by atoms with van der Waals surface area (Å²) in [4.78, 5) is 32.8. The van der Waals surface area contributed by atoms with Crippen molar-refractivity contribution in [3.8, 4) is 23.0 Å². The average Bonchev–Trinajstić information content (AvgIpc) is 3.40. The molecule has 0 fully saturated rings. The number of methoxy groups -OCH3 is 2. The predicted octanol–water partition coefficient (Wildman–Crippen LogP) is 5.95. The number of allylic oxidation sites excluding steroid dienone is 1. The zero-order valence-corrected chi connectivity index (χ0v) is 28.3. The molecule has 0 radical (unpaired) electrons. The predicted molar refractivity (Wildman–Crippen MR) is 186 cm³/mol. The monoisotopic (exact) mass is 664 g/mol. The third-order valence-electron chi connectivity index (χ3n) is 8.08. The highest BCUT2D eigenvalue weighted by Gasteiger charge is 2.36. The summed E-state index contributed by atoms with van der Waals surface area (Å²) in [5.74, 6) is 1.51. The molecule has 0 saturated carbocycles. The highest BCUT2D eigenvalue weighted by molar-refractivity contribution is 7.07. The smallest absolute Gasteiger partial charge is 0.338 e. The van der Waals surface area contributed by atoms with Crippen molar-refractivity contribution in [1.82, 2.24) is 4.57 Å². The van der Waals surface area contributed by atoms with Crippen LogP contribution in [0.1, 0.15) is 43.5 Å². The maximum absolute atomic E-state index is 14.2. The largest absolute Gasteiger partial charge is 0.493 e. The van der Waals surface area contributed by atoms with Crippen LogP contribution in [0, 0.1) is 0 Å². The van der Waals surface area contributed by atoms with Gasteiger partial charge in [-0.05, 0) is 66.9 Å². The second kappa shape index (κ2) is 14.2. The minimum absolute atomic E-state index is 0.173. The van der Waals surface area contributed by atoms with Crippen LogP contribution in [0.3, 0.4) is 0 Å². The summed E-state index contributed by atoms with van der Waals surface area (Å²) < 4.78 is 30.9. The Morgan fingerprint density at radius 1 is 0.896 bits per heavy atom. The Balaban J connectivity index is 1.41. The molecule has 0 amide bonds. The molecule has 1 aliphatic rings. The Labute approximate surface area is 281 Å². The number of hydrogen-bond donors (Lipinski definition) is 0. The van der Waals surface area contributed by atoms with Crippen LogP contribution >= 0.6 is 11.3 Å². The fourth-order valence-electron chi connectivity index (χ4n) is 5.91. The molecular formula is C38H36N2O7S. The quantitative estimate of drug-likeness (QED) is 0.161. The van der Waals surface area contributed by atoms with Crippen LogP contribution in [-0.2, 0) is 16.1 Å². The first-order chi connectivity index (χ1) is 23.4. The molecule has 1 aromatic heterocycles. The summed E-state index contributed by atoms with van der Waals surface area (Å²) in [7, 11) is 3.14. The van der Waals surface area contributed by atoms with Gasteiger partial charge in [0.15, 0.2) is 27.8 Å². The highest BCUT2D eigenvalue weighted by Crippen LogP contribution is 2.41. The molecule has 0 aliphatic carbocycles. The first-order valence-electron chi connectivity index (χ1n) is 15.6. The molecular weight excluding hydrogens is 628 g/mol. The summed E-state index contributed by atoms with van der Waals surface area (Å²) >= 11 is 1.24. The van der Waals surface area contributed by atoms with Gasteiger partial charge in [0, 0.05) is 5.56 Å². The third-order valence-corrected chi connectivity index (χ3v) is 9.06. The summed E-state index contributed by atoms with van der Waals surface area (Å²) in [6.07, 6.45) is 1.79. The molecule has 0 unspecified atom stereocenters. The third kappa shape index (κ3) is 6.18. The number of nitrogens with zero attached hydrogens (tertiary/aromatic N) is 2. The van der Waals surface area contributed by atoms with Crippen LogP contribution in [0.5, 0.6) is 23.0 Å². The number of para-hydroxylation sites is 1. The molecule has 48 heavy (non-hydrogen) atoms. The maximum atomic E-state index is 14.2. The Morgan fingerprint density at radius 2 is 1.67 bits per heavy atom. The van der Waals surface area contributed by atoms with Crippen molar-refractivity contribution < 1.29 is 28.5 Å². The van der Waals surface area contributed by atoms with E-state index in [1.165, 1.54) is 15.9 Å². The molecule has 0 spiro atoms. The van der Waals surface area contributed by atoms with E-state index in [0.29, 0.717) is 56.8 Å². The number of carbonyl (C=O) groups is 1. The van der Waals surface area contributed by atoms with Gasteiger partial charge in [0.05, 0.1) is 43.2 Å². The molecule has 10 heteroatoms. The van der Waals surface area contributed by atoms with Gasteiger partial charge in [0.25, 0.3) is 5.56 Å². The number of carbonyl (C=O) groups excluding carboxylic acids is 1. The number of hydrogen-bond acceptors (Lipinski definition) is 9. The van der Waals surface area contributed by atoms with E-state index in [1.54, 1.807) is 46.3 Å². The maximum Gasteiger partial charge on any atom is 0.338 e. The topological polar surface area (TPSA) is 97.6 Å². The molecule has 1 aliphatic heterocycles. The Morgan fingerprint density at radius 3 is 2.44 bits per heavy atom. The lowest BCUT2D eigenvalue weighted by atomic mass is 9.94. The summed E-state index contributed by atoms with van der Waals surface area (Å²) in [6.45, 7) is 6.25. The van der Waals surface area contributed by atoms with Crippen molar-refractivity contribution in [1.29, 1.82) is 0 Å². The molecule has 9 nitrogen and oxygen atoms in total. The van der Waals surface area contributed by atoms with Crippen LogP contribution in [0.15, 0.2) is 99.9 Å². The standard InChI is InChI=1S/C38H36N2O7S/c1-6-45-35-28(16-11-17-30(35)43-4)34-33(37(42)46-7-2)23(3)39-38-40(34)36(41)32(48-38)21-24-18-19-29(31(20-24)44-5)47-22-26-14-10-13-25-12-8-9-15-27(25)26/h8-21,34H,6-7,22H2,1-5H3/b32-21+/t34-/m0/s1. The van der Waals surface area contributed by atoms with E-state index in [-0.39, 0.29) is 17.7 Å². The van der Waals surface area contributed by atoms with Gasteiger partial charge in [0.2, 0.25) is 0 Å². The minimum Gasteiger partial charge on any atom is -0.493 e. The molecule has 4 aromatic carbocycles.